The maximum absolute atomic E-state index is 13.4. The second-order valence-electron chi connectivity index (χ2n) is 31.9. The molecule has 2 amide bonds. The molecule has 0 radical (unpaired) electrons. The number of carbonyl (C=O) groups excluding carboxylic acids is 4. The number of carboxylic acid groups (broad SMARTS) is 2. The fourth-order valence-electron chi connectivity index (χ4n) is 13.5. The Morgan fingerprint density at radius 3 is 1.44 bits per heavy atom. The third-order valence-electron chi connectivity index (χ3n) is 19.8. The first kappa shape index (κ1) is 92.3. The summed E-state index contributed by atoms with van der Waals surface area (Å²) in [6.07, 6.45) is 33.3. The van der Waals surface area contributed by atoms with Crippen LogP contribution in [0.25, 0.3) is 4.85 Å². The largest absolute Gasteiger partial charge is 0.481 e. The molecule has 7 atom stereocenters. The number of rotatable bonds is 16. The first-order valence-corrected chi connectivity index (χ1v) is 37.1. The summed E-state index contributed by atoms with van der Waals surface area (Å²) in [7, 11) is -1.54. The van der Waals surface area contributed by atoms with Crippen molar-refractivity contribution in [2.24, 2.45) is 29.4 Å². The molecule has 5 aliphatic carbocycles. The lowest BCUT2D eigenvalue weighted by atomic mass is 9.71. The van der Waals surface area contributed by atoms with Crippen molar-refractivity contribution in [3.05, 3.63) is 197 Å². The normalized spacial score (nSPS) is 21.8. The molecule has 5 aromatic heterocycles. The van der Waals surface area contributed by atoms with Crippen LogP contribution < -0.4 is 22.5 Å². The van der Waals surface area contributed by atoms with Gasteiger partial charge in [0, 0.05) is 135 Å². The SMILES string of the molecule is C=CCBr.C=CCC1Cc2ccncc2C1(C)C(=O)NC(C)(C)C.C=CCC1Cc2ccncc2C1=O.CC(=O)O.CC(C)(C)NC(=O)C1(C)c2cnccc2CC1CCCB1OC(C)(C)C(C)(C)O1.N.NC1(C(=O)O)c2cnccc2CC1CCCB(O)O.O=C1CCc2ccncc21.[C-]#[N+]C(C)(C)C. The number of nitrogens with two attached hydrogens (primary N) is 1. The summed E-state index contributed by atoms with van der Waals surface area (Å²) in [5.74, 6) is -0.895. The molecule has 5 aromatic rings. The average molecular weight is 1520 g/mol. The zero-order chi connectivity index (χ0) is 79.1. The summed E-state index contributed by atoms with van der Waals surface area (Å²) in [6.45, 7) is 48.7. The number of halogens is 1. The van der Waals surface area contributed by atoms with Gasteiger partial charge in [0.05, 0.1) is 22.0 Å². The predicted molar refractivity (Wildman–Crippen MR) is 424 cm³/mol. The van der Waals surface area contributed by atoms with Crippen LogP contribution in [-0.2, 0) is 77.0 Å². The van der Waals surface area contributed by atoms with Crippen molar-refractivity contribution >= 4 is 65.5 Å². The van der Waals surface area contributed by atoms with E-state index in [9.17, 15) is 29.1 Å². The number of aryl methyl sites for hydroxylation is 1. The number of carbonyl (C=O) groups is 6. The van der Waals surface area contributed by atoms with Crippen molar-refractivity contribution in [1.82, 2.24) is 41.7 Å². The Morgan fingerprint density at radius 1 is 0.632 bits per heavy atom. The lowest BCUT2D eigenvalue weighted by Crippen LogP contribution is -2.52. The van der Waals surface area contributed by atoms with E-state index in [0.29, 0.717) is 31.2 Å². The summed E-state index contributed by atoms with van der Waals surface area (Å²) in [5.41, 5.74) is 12.3. The maximum Gasteiger partial charge on any atom is 0.457 e. The third-order valence-corrected chi connectivity index (χ3v) is 20.2. The number of ketones is 2. The van der Waals surface area contributed by atoms with Crippen LogP contribution >= 0.6 is 15.9 Å². The number of carboxylic acids is 2. The van der Waals surface area contributed by atoms with Crippen LogP contribution in [0.1, 0.15) is 221 Å². The van der Waals surface area contributed by atoms with Crippen LogP contribution in [-0.4, -0.2) is 128 Å². The van der Waals surface area contributed by atoms with Crippen molar-refractivity contribution < 1.29 is 58.3 Å². The minimum absolute atomic E-state index is 0. The molecule has 25 heteroatoms. The fourth-order valence-corrected chi connectivity index (χ4v) is 13.5. The molecule has 6 heterocycles. The first-order chi connectivity index (χ1) is 48.9. The molecular formula is C81H117B2BrN10O12. The molecular weight excluding hydrogens is 1410 g/mol. The molecule has 576 valence electrons. The smallest absolute Gasteiger partial charge is 0.457 e. The highest BCUT2D eigenvalue weighted by molar-refractivity contribution is 9.09. The van der Waals surface area contributed by atoms with Gasteiger partial charge >= 0.3 is 20.2 Å². The van der Waals surface area contributed by atoms with E-state index in [1.165, 1.54) is 17.3 Å². The van der Waals surface area contributed by atoms with Crippen molar-refractivity contribution in [1.29, 1.82) is 0 Å². The molecule has 0 bridgehead atoms. The Kier molecular flexibility index (Phi) is 35.1. The Morgan fingerprint density at radius 2 is 1.03 bits per heavy atom. The zero-order valence-corrected chi connectivity index (χ0v) is 67.1. The second kappa shape index (κ2) is 40.3. The van der Waals surface area contributed by atoms with Crippen molar-refractivity contribution in [2.75, 3.05) is 5.33 Å². The Labute approximate surface area is 638 Å². The molecule has 7 unspecified atom stereocenters. The van der Waals surface area contributed by atoms with Crippen molar-refractivity contribution in [3.8, 4) is 0 Å². The Balaban J connectivity index is 0.000000338. The number of allylic oxidation sites excluding steroid dienone is 3. The zero-order valence-electron chi connectivity index (χ0n) is 65.5. The first-order valence-electron chi connectivity index (χ1n) is 36.0. The highest BCUT2D eigenvalue weighted by atomic mass is 79.9. The minimum atomic E-state index is -1.43. The molecule has 6 aliphatic rings. The number of nitrogens with zero attached hydrogens (tertiary/aromatic N) is 6. The third kappa shape index (κ3) is 25.3. The molecule has 0 saturated carbocycles. The van der Waals surface area contributed by atoms with Crippen molar-refractivity contribution in [2.45, 2.75) is 245 Å². The quantitative estimate of drug-likeness (QED) is 0.0197. The van der Waals surface area contributed by atoms with Gasteiger partial charge in [-0.1, -0.05) is 47.0 Å². The van der Waals surface area contributed by atoms with E-state index in [1.807, 2.05) is 118 Å². The van der Waals surface area contributed by atoms with Gasteiger partial charge in [0.25, 0.3) is 5.97 Å². The van der Waals surface area contributed by atoms with Gasteiger partial charge < -0.3 is 56.9 Å². The molecule has 0 aromatic carbocycles. The number of amides is 2. The Bertz CT molecular complexity index is 3830. The van der Waals surface area contributed by atoms with Crippen LogP contribution in [0.15, 0.2) is 130 Å². The molecule has 1 aliphatic heterocycles. The van der Waals surface area contributed by atoms with Crippen LogP contribution in [0.3, 0.4) is 0 Å². The highest BCUT2D eigenvalue weighted by Gasteiger charge is 2.54. The number of hydrogen-bond acceptors (Lipinski definition) is 17. The van der Waals surface area contributed by atoms with E-state index < -0.39 is 35.4 Å². The topological polar surface area (TPSA) is 356 Å². The maximum atomic E-state index is 13.4. The summed E-state index contributed by atoms with van der Waals surface area (Å²) in [6, 6.07) is 9.73. The molecule has 22 nitrogen and oxygen atoms in total. The Hall–Kier alpha value is -7.95. The lowest BCUT2D eigenvalue weighted by molar-refractivity contribution is -0.146. The molecule has 1 saturated heterocycles. The average Bonchev–Trinajstić information content (AvgIpc) is 1.61. The number of pyridine rings is 5. The van der Waals surface area contributed by atoms with Gasteiger partial charge in [-0.2, -0.15) is 0 Å². The van der Waals surface area contributed by atoms with Gasteiger partial charge in [0.15, 0.2) is 11.6 Å². The summed E-state index contributed by atoms with van der Waals surface area (Å²) >= 11 is 3.13. The van der Waals surface area contributed by atoms with Crippen molar-refractivity contribution in [3.63, 3.8) is 0 Å². The number of aliphatic carboxylic acids is 2. The van der Waals surface area contributed by atoms with Gasteiger partial charge in [-0.05, 0) is 241 Å². The minimum Gasteiger partial charge on any atom is -0.481 e. The van der Waals surface area contributed by atoms with E-state index in [0.717, 1.165) is 109 Å². The molecule has 11 N–H and O–H groups in total. The van der Waals surface area contributed by atoms with E-state index in [4.69, 9.17) is 41.6 Å². The number of fused-ring (bicyclic) bond motifs is 5. The number of nitrogens with one attached hydrogen (secondary N) is 2. The number of aromatic nitrogens is 5. The van der Waals surface area contributed by atoms with Gasteiger partial charge in [0.2, 0.25) is 17.4 Å². The number of Topliss-reactive ketones (excluding diaryl/α,β-unsaturated/α-hetero) is 2. The molecule has 106 heavy (non-hydrogen) atoms. The highest BCUT2D eigenvalue weighted by Crippen LogP contribution is 2.48. The molecule has 11 rings (SSSR count). The van der Waals surface area contributed by atoms with Gasteiger partial charge in [-0.15, -0.1) is 19.7 Å². The summed E-state index contributed by atoms with van der Waals surface area (Å²) in [4.78, 5) is 93.1. The van der Waals surface area contributed by atoms with E-state index in [2.05, 4.69) is 117 Å². The fraction of sp³-hybridized carbons (Fsp3) is 0.531. The molecule has 1 fully saturated rings. The van der Waals surface area contributed by atoms with Crippen LogP contribution in [0, 0.1) is 30.2 Å². The number of hydrogen-bond donors (Lipinski definition) is 8. The molecule has 0 spiro atoms. The standard InChI is InChI=1S/C23H37BN2O3.C17H24N2O.C12H17BN2O4.C11H11NO.C8H7NO.C5H9N.C3H5Br.C2H4O2.H3N/c1-20(2,3)26-19(27)23(8)17(14-16-11-13-25-15-18(16)23)10-9-12-24-28-21(4,5)22(6,7)29-24;1-6-7-13-10-12-8-9-18-11-14(12)17(13,5)15(20)19-16(2,3)4;14-12(11(16)17)9(2-1-4-13(18)19)6-8-3-5-15-7-10(8)12;1-2-3-9-6-8-4-5-12-7-10(8)11(9)13;10-8-2-1-6-3-4-9-5-7(6)8;1-5(2,3)6-4;1-2-3-4;1-2(3)4;/h11,13,15,17H,9-10,12,14H2,1-8H3,(H,26,27);6,8-9,11,13H,1,7,10H2,2-5H3,(H,19,20);3,5,7,9,18-19H,1-2,4,6,14H2,(H,16,17);2,4-5,7,9H,1,3,6H2;3-5H,1-2H2;1-3H3;2H,1,3H2;1H3,(H,3,4);1H3. The number of alkyl halides is 1. The van der Waals surface area contributed by atoms with Crippen LogP contribution in [0.2, 0.25) is 12.6 Å². The second-order valence-corrected chi connectivity index (χ2v) is 32.5. The van der Waals surface area contributed by atoms with E-state index in [-0.39, 0.29) is 94.5 Å². The summed E-state index contributed by atoms with van der Waals surface area (Å²) < 4.78 is 12.3. The van der Waals surface area contributed by atoms with Gasteiger partial charge in [0.1, 0.15) is 5.54 Å². The van der Waals surface area contributed by atoms with Gasteiger partial charge in [-0.3, -0.25) is 48.9 Å². The van der Waals surface area contributed by atoms with E-state index in [1.54, 1.807) is 49.3 Å². The lowest BCUT2D eigenvalue weighted by Gasteiger charge is -2.34. The summed E-state index contributed by atoms with van der Waals surface area (Å²) in [5, 5.41) is 41.8. The monoisotopic (exact) mass is 1520 g/mol. The predicted octanol–water partition coefficient (Wildman–Crippen LogP) is 13.8. The van der Waals surface area contributed by atoms with Crippen LogP contribution in [0.5, 0.6) is 0 Å². The van der Waals surface area contributed by atoms with Crippen LogP contribution in [0.4, 0.5) is 0 Å². The van der Waals surface area contributed by atoms with Gasteiger partial charge in [-0.25, -0.2) is 11.4 Å². The van der Waals surface area contributed by atoms with E-state index >= 15 is 0 Å².